The summed E-state index contributed by atoms with van der Waals surface area (Å²) in [5.74, 6) is -0.423. The molecule has 0 saturated heterocycles. The maximum atomic E-state index is 13.4. The van der Waals surface area contributed by atoms with Crippen LogP contribution in [0.5, 0.6) is 0 Å². The van der Waals surface area contributed by atoms with Crippen LogP contribution in [-0.4, -0.2) is 28.7 Å². The van der Waals surface area contributed by atoms with E-state index in [-0.39, 0.29) is 17.6 Å². The molecule has 33 heavy (non-hydrogen) atoms. The predicted octanol–water partition coefficient (Wildman–Crippen LogP) is 7.04. The Labute approximate surface area is 204 Å². The molecular formula is C27H26BrF2NOS. The second kappa shape index (κ2) is 11.3. The minimum atomic E-state index is -1.11. The molecule has 0 unspecified atom stereocenters. The zero-order chi connectivity index (χ0) is 23.2. The first-order valence-corrected chi connectivity index (χ1v) is 13.0. The summed E-state index contributed by atoms with van der Waals surface area (Å²) >= 11 is 3.41. The second-order valence-electron chi connectivity index (χ2n) is 8.24. The number of rotatable bonds is 8. The van der Waals surface area contributed by atoms with Gasteiger partial charge in [-0.25, -0.2) is 13.0 Å². The van der Waals surface area contributed by atoms with Crippen LogP contribution in [0.4, 0.5) is 8.78 Å². The molecule has 1 aliphatic rings. The van der Waals surface area contributed by atoms with Crippen molar-refractivity contribution in [2.24, 2.45) is 0 Å². The Hall–Kier alpha value is -2.15. The van der Waals surface area contributed by atoms with Gasteiger partial charge in [-0.2, -0.15) is 0 Å². The third-order valence-corrected chi connectivity index (χ3v) is 8.11. The highest BCUT2D eigenvalue weighted by atomic mass is 79.9. The molecule has 0 spiro atoms. The van der Waals surface area contributed by atoms with Gasteiger partial charge in [-0.15, -0.1) is 0 Å². The molecular weight excluding hydrogens is 504 g/mol. The molecule has 3 aromatic carbocycles. The normalized spacial score (nSPS) is 15.5. The van der Waals surface area contributed by atoms with Crippen LogP contribution >= 0.6 is 15.9 Å². The lowest BCUT2D eigenvalue weighted by atomic mass is 9.87. The van der Waals surface area contributed by atoms with E-state index in [1.165, 1.54) is 24.3 Å². The zero-order valence-corrected chi connectivity index (χ0v) is 20.6. The molecule has 1 aliphatic heterocycles. The van der Waals surface area contributed by atoms with Gasteiger partial charge < -0.3 is 0 Å². The van der Waals surface area contributed by atoms with Gasteiger partial charge in [-0.3, -0.25) is 4.90 Å². The third kappa shape index (κ3) is 6.46. The lowest BCUT2D eigenvalue weighted by Crippen LogP contribution is -2.30. The van der Waals surface area contributed by atoms with E-state index < -0.39 is 10.8 Å². The van der Waals surface area contributed by atoms with Crippen LogP contribution in [0, 0.1) is 11.6 Å². The number of halogens is 3. The van der Waals surface area contributed by atoms with E-state index in [1.54, 1.807) is 0 Å². The van der Waals surface area contributed by atoms with Gasteiger partial charge in [-0.05, 0) is 85.5 Å². The second-order valence-corrected chi connectivity index (χ2v) is 10.7. The van der Waals surface area contributed by atoms with E-state index >= 15 is 0 Å². The molecule has 0 bridgehead atoms. The highest BCUT2D eigenvalue weighted by Crippen LogP contribution is 2.30. The molecule has 6 heteroatoms. The van der Waals surface area contributed by atoms with Crippen LogP contribution < -0.4 is 0 Å². The van der Waals surface area contributed by atoms with Gasteiger partial charge in [0.15, 0.2) is 0 Å². The van der Waals surface area contributed by atoms with Gasteiger partial charge in [0.25, 0.3) is 0 Å². The summed E-state index contributed by atoms with van der Waals surface area (Å²) < 4.78 is 40.7. The van der Waals surface area contributed by atoms with Crippen LogP contribution in [0.15, 0.2) is 93.1 Å². The van der Waals surface area contributed by atoms with E-state index in [4.69, 9.17) is 0 Å². The van der Waals surface area contributed by atoms with Crippen molar-refractivity contribution in [3.05, 3.63) is 111 Å². The quantitative estimate of drug-likeness (QED) is 0.312. The minimum absolute atomic E-state index is 0.0898. The summed E-state index contributed by atoms with van der Waals surface area (Å²) in [7, 11) is -1.11. The van der Waals surface area contributed by atoms with Crippen LogP contribution in [0.25, 0.3) is 0 Å². The smallest absolute Gasteiger partial charge is 0.123 e. The number of hydrogen-bond acceptors (Lipinski definition) is 2. The van der Waals surface area contributed by atoms with Crippen LogP contribution in [-0.2, 0) is 10.8 Å². The summed E-state index contributed by atoms with van der Waals surface area (Å²) in [6, 6.07) is 20.8. The summed E-state index contributed by atoms with van der Waals surface area (Å²) in [5, 5.41) is 0. The molecule has 3 aromatic rings. The van der Waals surface area contributed by atoms with Crippen molar-refractivity contribution in [3.8, 4) is 0 Å². The molecule has 2 nitrogen and oxygen atoms in total. The minimum Gasteiger partial charge on any atom is -0.299 e. The fraction of sp³-hybridized carbons (Fsp3) is 0.259. The van der Waals surface area contributed by atoms with Gasteiger partial charge in [0.05, 0.1) is 10.8 Å². The summed E-state index contributed by atoms with van der Waals surface area (Å²) in [5.41, 5.74) is 2.07. The van der Waals surface area contributed by atoms with Crippen LogP contribution in [0.2, 0.25) is 0 Å². The van der Waals surface area contributed by atoms with Gasteiger partial charge >= 0.3 is 0 Å². The Balaban J connectivity index is 1.35. The average molecular weight is 530 g/mol. The van der Waals surface area contributed by atoms with Gasteiger partial charge in [0.1, 0.15) is 11.6 Å². The lowest BCUT2D eigenvalue weighted by Gasteiger charge is -2.27. The number of benzene rings is 3. The topological polar surface area (TPSA) is 20.3 Å². The third-order valence-electron chi connectivity index (χ3n) is 6.03. The van der Waals surface area contributed by atoms with Crippen molar-refractivity contribution in [2.45, 2.75) is 30.1 Å². The highest BCUT2D eigenvalue weighted by Gasteiger charge is 2.19. The lowest BCUT2D eigenvalue weighted by molar-refractivity contribution is 0.288. The molecule has 1 heterocycles. The van der Waals surface area contributed by atoms with E-state index in [1.807, 2.05) is 48.5 Å². The van der Waals surface area contributed by atoms with E-state index in [2.05, 4.69) is 26.9 Å². The Kier molecular flexibility index (Phi) is 8.23. The molecule has 1 atom stereocenters. The van der Waals surface area contributed by atoms with Gasteiger partial charge in [0, 0.05) is 33.3 Å². The number of hydrogen-bond donors (Lipinski definition) is 0. The highest BCUT2D eigenvalue weighted by molar-refractivity contribution is 9.10. The van der Waals surface area contributed by atoms with Crippen LogP contribution in [0.1, 0.15) is 36.3 Å². The first kappa shape index (κ1) is 24.0. The van der Waals surface area contributed by atoms with Crippen molar-refractivity contribution in [1.29, 1.82) is 0 Å². The monoisotopic (exact) mass is 529 g/mol. The van der Waals surface area contributed by atoms with E-state index in [0.29, 0.717) is 0 Å². The molecule has 0 saturated carbocycles. The summed E-state index contributed by atoms with van der Waals surface area (Å²) in [4.78, 5) is 4.19. The predicted molar refractivity (Wildman–Crippen MR) is 134 cm³/mol. The Bertz CT molecular complexity index is 1070. The summed E-state index contributed by atoms with van der Waals surface area (Å²) in [6.07, 6.45) is 4.73. The SMILES string of the molecule is O=[S@](C1=CCN(CCCC(c2ccc(F)cc2)c2ccc(F)cc2)CC1)c1ccc(Br)cc1. The largest absolute Gasteiger partial charge is 0.299 e. The van der Waals surface area contributed by atoms with Crippen molar-refractivity contribution in [3.63, 3.8) is 0 Å². The Morgan fingerprint density at radius 3 is 1.97 bits per heavy atom. The van der Waals surface area contributed by atoms with Crippen molar-refractivity contribution < 1.29 is 13.0 Å². The van der Waals surface area contributed by atoms with Crippen LogP contribution in [0.3, 0.4) is 0 Å². The summed E-state index contributed by atoms with van der Waals surface area (Å²) in [6.45, 7) is 2.59. The first-order valence-electron chi connectivity index (χ1n) is 11.1. The maximum absolute atomic E-state index is 13.4. The molecule has 0 aromatic heterocycles. The van der Waals surface area contributed by atoms with Gasteiger partial charge in [-0.1, -0.05) is 46.3 Å². The maximum Gasteiger partial charge on any atom is 0.123 e. The molecule has 0 aliphatic carbocycles. The average Bonchev–Trinajstić information content (AvgIpc) is 2.84. The molecule has 172 valence electrons. The molecule has 0 N–H and O–H groups in total. The molecule has 0 radical (unpaired) electrons. The standard InChI is InChI=1S/C27H26BrF2NOS/c28-22-7-13-25(14-8-22)33(32)26-15-18-31(19-16-26)17-1-2-27(20-3-9-23(29)10-4-20)21-5-11-24(30)12-6-21/h3-15,27H,1-2,16-19H2/t33-/m0/s1. The molecule has 4 rings (SSSR count). The zero-order valence-electron chi connectivity index (χ0n) is 18.2. The molecule has 0 amide bonds. The Morgan fingerprint density at radius 2 is 1.45 bits per heavy atom. The number of nitrogens with zero attached hydrogens (tertiary/aromatic N) is 1. The van der Waals surface area contributed by atoms with Gasteiger partial charge in [0.2, 0.25) is 0 Å². The van der Waals surface area contributed by atoms with Crippen molar-refractivity contribution in [2.75, 3.05) is 19.6 Å². The first-order chi connectivity index (χ1) is 16.0. The molecule has 0 fully saturated rings. The van der Waals surface area contributed by atoms with Crippen molar-refractivity contribution >= 4 is 26.7 Å². The Morgan fingerprint density at radius 1 is 0.879 bits per heavy atom. The van der Waals surface area contributed by atoms with E-state index in [0.717, 1.165) is 64.3 Å². The van der Waals surface area contributed by atoms with E-state index in [9.17, 15) is 13.0 Å². The fourth-order valence-electron chi connectivity index (χ4n) is 4.21. The van der Waals surface area contributed by atoms with Crippen molar-refractivity contribution in [1.82, 2.24) is 4.90 Å². The fourth-order valence-corrected chi connectivity index (χ4v) is 5.66.